The van der Waals surface area contributed by atoms with Gasteiger partial charge >= 0.3 is 48.5 Å². The molecule has 12 saturated heterocycles. The van der Waals surface area contributed by atoms with Gasteiger partial charge in [-0.25, -0.2) is 65.7 Å². The van der Waals surface area contributed by atoms with Gasteiger partial charge in [-0.1, -0.05) is 32.2 Å². The molecule has 778 valence electrons. The Bertz CT molecular complexity index is 6770. The number of nitrogens with one attached hydrogen (secondary N) is 8. The third kappa shape index (κ3) is 15.0. The van der Waals surface area contributed by atoms with Crippen molar-refractivity contribution in [2.45, 2.75) is 178 Å². The summed E-state index contributed by atoms with van der Waals surface area (Å²) in [5, 5.41) is 34.6. The van der Waals surface area contributed by atoms with E-state index in [9.17, 15) is 81.1 Å². The molecule has 4 spiro atoms. The number of barbiturate groups is 4. The molecule has 147 heavy (non-hydrogen) atoms. The number of methoxy groups -OCH3 is 3. The molecule has 0 bridgehead atoms. The van der Waals surface area contributed by atoms with Crippen LogP contribution in [0.4, 0.5) is 102 Å². The van der Waals surface area contributed by atoms with Gasteiger partial charge in [-0.2, -0.15) is 0 Å². The molecule has 20 heterocycles. The Morgan fingerprint density at radius 1 is 0.361 bits per heavy atom. The first-order chi connectivity index (χ1) is 70.1. The highest BCUT2D eigenvalue weighted by molar-refractivity contribution is 6.38. The summed E-state index contributed by atoms with van der Waals surface area (Å²) in [6, 6.07) is -1.81. The number of urea groups is 4. The number of carbonyl (C=O) groups excluding carboxylic acids is 16. The highest BCUT2D eigenvalue weighted by atomic mass is 35.5. The molecule has 12 fully saturated rings. The molecule has 8 N–H and O–H groups in total. The van der Waals surface area contributed by atoms with Gasteiger partial charge in [0.1, 0.15) is 37.1 Å². The van der Waals surface area contributed by atoms with E-state index in [0.717, 1.165) is 4.90 Å². The Labute approximate surface area is 829 Å². The number of imide groups is 8. The topological polar surface area (TPSA) is 601 Å². The van der Waals surface area contributed by atoms with Crippen LogP contribution in [0.3, 0.4) is 0 Å². The monoisotopic (exact) mass is 2070 g/mol. The molecule has 0 aliphatic carbocycles. The van der Waals surface area contributed by atoms with Crippen molar-refractivity contribution >= 4 is 197 Å². The molecule has 51 nitrogen and oxygen atoms in total. The zero-order valence-electron chi connectivity index (χ0n) is 79.8. The molecule has 4 aromatic heterocycles. The predicted octanol–water partition coefficient (Wildman–Crippen LogP) is 4.15. The maximum absolute atomic E-state index is 16.2. The zero-order chi connectivity index (χ0) is 104. The summed E-state index contributed by atoms with van der Waals surface area (Å²) in [6.45, 7) is 14.7. The van der Waals surface area contributed by atoms with E-state index in [-0.39, 0.29) is 205 Å². The second-order valence-electron chi connectivity index (χ2n) is 38.8. The van der Waals surface area contributed by atoms with E-state index in [0.29, 0.717) is 34.3 Å². The van der Waals surface area contributed by atoms with Crippen molar-refractivity contribution in [3.8, 4) is 0 Å². The lowest BCUT2D eigenvalue weighted by molar-refractivity contribution is -0.154. The first kappa shape index (κ1) is 98.2. The minimum Gasteiger partial charge on any atom is -0.447 e. The van der Waals surface area contributed by atoms with Crippen LogP contribution in [-0.2, 0) is 116 Å². The summed E-state index contributed by atoms with van der Waals surface area (Å²) in [5.41, 5.74) is -4.85. The van der Waals surface area contributed by atoms with E-state index in [2.05, 4.69) is 63.2 Å². The molecular weight excluding hydrogens is 1980 g/mol. The highest BCUT2D eigenvalue weighted by Crippen LogP contribution is 2.58. The second-order valence-corrected chi connectivity index (χ2v) is 39.2. The van der Waals surface area contributed by atoms with Crippen molar-refractivity contribution < 1.29 is 164 Å². The third-order valence-electron chi connectivity index (χ3n) is 29.7. The second kappa shape index (κ2) is 36.1. The lowest BCUT2D eigenvalue weighted by atomic mass is 9.66. The van der Waals surface area contributed by atoms with Gasteiger partial charge in [-0.15, -0.1) is 0 Å². The number of alkyl halides is 1. The van der Waals surface area contributed by atoms with Crippen molar-refractivity contribution in [3.05, 3.63) is 69.0 Å². The van der Waals surface area contributed by atoms with Crippen molar-refractivity contribution in [3.63, 3.8) is 0 Å². The van der Waals surface area contributed by atoms with E-state index < -0.39 is 214 Å². The van der Waals surface area contributed by atoms with Crippen molar-refractivity contribution in [2.24, 2.45) is 21.7 Å². The number of morpholine rings is 4. The number of rotatable bonds is 11. The van der Waals surface area contributed by atoms with Gasteiger partial charge in [0.05, 0.1) is 162 Å². The maximum atomic E-state index is 16.2. The number of aromatic nitrogens is 4. The molecule has 0 saturated carbocycles. The van der Waals surface area contributed by atoms with Crippen LogP contribution >= 0.6 is 11.6 Å². The molecule has 0 unspecified atom stereocenters. The molecule has 0 radical (unpaired) electrons. The van der Waals surface area contributed by atoms with E-state index >= 15 is 13.2 Å². The standard InChI is InChI=1S/C23H24ClN5O8.2C23H24FN5O8.C22H21F2N5O7/c1-9-6-28-15-11(5-23(17(28)10(2)35-9)19(30)25-21(32)26-20(23)31)4-13-16(14(15)24)37-27-18(13)29-7-12(8-34-3)36-22(29)33;2*1-9-6-28-15-11(5-23(17(28)10(2)36-9)19(30)25-21(32)26-20(23)31)4-13-16(14(15)24)37-27-18(13)29-12(7-34-3)8-35-22(29)33;1-8-6-28-14-10(4-22(16(28)9(2)34-8)18(30)25-20(32)26-19(22)31)3-12-15(13(14)24)36-27-17(12)29-7-11(5-23)35-21(29)33/h3*4,9-10,12,17H,5-8H2,1-3H3,(H2,25,26,30,31,32);3,8-9,11,16H,4-7H2,1-2H3,(H2,25,26,30,31,32)/t2*9-,10+,12+,17-;9-,10+,12-,17-;8-,9+,11-,16-/m1111/s1. The molecule has 16 aliphatic heterocycles. The van der Waals surface area contributed by atoms with Gasteiger partial charge in [0.25, 0.3) is 0 Å². The number of anilines is 8. The fourth-order valence-corrected chi connectivity index (χ4v) is 24.7. The van der Waals surface area contributed by atoms with Gasteiger partial charge in [0, 0.05) is 66.8 Å². The lowest BCUT2D eigenvalue weighted by Gasteiger charge is -2.55. The Morgan fingerprint density at radius 3 is 0.925 bits per heavy atom. The maximum Gasteiger partial charge on any atom is 0.416 e. The predicted molar refractivity (Wildman–Crippen MR) is 489 cm³/mol. The van der Waals surface area contributed by atoms with E-state index in [1.165, 1.54) is 42.1 Å². The number of hydrogen-bond donors (Lipinski definition) is 8. The van der Waals surface area contributed by atoms with Crippen LogP contribution in [0.25, 0.3) is 43.9 Å². The van der Waals surface area contributed by atoms with Gasteiger partial charge in [0.15, 0.2) is 68.0 Å². The van der Waals surface area contributed by atoms with E-state index in [1.54, 1.807) is 81.4 Å². The SMILES string of the molecule is COC[C@@H]1CN(c2noc3c(Cl)c4c(cc23)CC2(C(=O)NC(=O)NC2=O)[C@H]2[C@H](C)O[C@H](C)CN42)C(=O)O1.COC[C@@H]1COC(=O)N1c1noc2c(F)c3c(cc12)CC1(C(=O)NC(=O)NC1=O)[C@H]1[C@H](C)O[C@H](C)CN31.COC[C@H]1COC(=O)N1c1noc2c(F)c3c(cc12)CC1(C(=O)NC(=O)NC1=O)[C@H]1[C@H](C)O[C@H](C)CN31.C[C@@H]1CN2c3c(cc4c(N5C[C@@H](CF)OC5=O)noc4c3F)CC3(C(=O)NC(=O)NC3=O)[C@H]2[C@H](C)O1. The molecule has 16 aliphatic rings. The third-order valence-corrected chi connectivity index (χ3v) is 30.0. The molecule has 56 heteroatoms. The van der Waals surface area contributed by atoms with E-state index in [4.69, 9.17) is 81.8 Å². The lowest BCUT2D eigenvalue weighted by Crippen LogP contribution is -2.75. The van der Waals surface area contributed by atoms with Crippen molar-refractivity contribution in [1.82, 2.24) is 63.2 Å². The molecule has 20 amide bonds. The quantitative estimate of drug-likeness (QED) is 0.0512. The first-order valence-corrected chi connectivity index (χ1v) is 47.2. The fourth-order valence-electron chi connectivity index (χ4n) is 24.3. The smallest absolute Gasteiger partial charge is 0.416 e. The number of ether oxygens (including phenoxy) is 11. The summed E-state index contributed by atoms with van der Waals surface area (Å²) in [5.74, 6) is -8.28. The summed E-state index contributed by atoms with van der Waals surface area (Å²) in [7, 11) is 4.46. The van der Waals surface area contributed by atoms with Crippen LogP contribution in [0.2, 0.25) is 5.02 Å². The fraction of sp³-hybridized carbons (Fsp3) is 0.516. The van der Waals surface area contributed by atoms with Gasteiger partial charge < -0.3 is 89.8 Å². The Kier molecular flexibility index (Phi) is 24.1. The summed E-state index contributed by atoms with van der Waals surface area (Å²) in [4.78, 5) is 216. The van der Waals surface area contributed by atoms with Crippen LogP contribution < -0.4 is 81.7 Å². The first-order valence-electron chi connectivity index (χ1n) is 46.8. The summed E-state index contributed by atoms with van der Waals surface area (Å²) >= 11 is 6.91. The largest absolute Gasteiger partial charge is 0.447 e. The average molecular weight is 2070 g/mol. The van der Waals surface area contributed by atoms with E-state index in [1.807, 2.05) is 11.8 Å². The number of fused-ring (bicyclic) bond motifs is 20. The molecule has 16 atom stereocenters. The Balaban J connectivity index is 0.000000115. The number of carbonyl (C=O) groups is 16. The van der Waals surface area contributed by atoms with Crippen molar-refractivity contribution in [2.75, 3.05) is 140 Å². The van der Waals surface area contributed by atoms with Crippen LogP contribution in [0, 0.1) is 39.1 Å². The Hall–Kier alpha value is -14.8. The minimum absolute atomic E-state index is 0.0360. The number of amides is 20. The molecule has 8 aromatic rings. The molecule has 4 aromatic carbocycles. The summed E-state index contributed by atoms with van der Waals surface area (Å²) < 4.78 is 143. The molecule has 24 rings (SSSR count). The highest BCUT2D eigenvalue weighted by Gasteiger charge is 2.69. The van der Waals surface area contributed by atoms with Crippen LogP contribution in [-0.4, -0.2) is 314 Å². The number of cyclic esters (lactones) is 4. The normalized spacial score (nSPS) is 28.9. The van der Waals surface area contributed by atoms with Gasteiger partial charge in [-0.05, 0) is 108 Å². The molecular formula is C91H93ClF4N20O31. The van der Waals surface area contributed by atoms with Gasteiger partial charge in [0.2, 0.25) is 64.0 Å². The number of benzene rings is 4. The van der Waals surface area contributed by atoms with Gasteiger partial charge in [-0.3, -0.25) is 90.7 Å². The zero-order valence-corrected chi connectivity index (χ0v) is 80.5. The average Bonchev–Trinajstić information content (AvgIpc) is 1.69. The number of halogens is 5. The number of nitrogens with zero attached hydrogens (tertiary/aromatic N) is 12. The van der Waals surface area contributed by atoms with Crippen LogP contribution in [0.15, 0.2) is 42.4 Å². The van der Waals surface area contributed by atoms with Crippen molar-refractivity contribution in [1.29, 1.82) is 0 Å². The van der Waals surface area contributed by atoms with Crippen LogP contribution in [0.5, 0.6) is 0 Å². The minimum atomic E-state index is -1.80. The number of hydrogen-bond acceptors (Lipinski definition) is 39. The van der Waals surface area contributed by atoms with Crippen LogP contribution in [0.1, 0.15) is 77.6 Å². The summed E-state index contributed by atoms with van der Waals surface area (Å²) in [6.07, 6.45) is -8.92. The Morgan fingerprint density at radius 2 is 0.626 bits per heavy atom.